The number of thioether (sulfide) groups is 1. The van der Waals surface area contributed by atoms with Crippen LogP contribution in [-0.4, -0.2) is 60.4 Å². The highest BCUT2D eigenvalue weighted by atomic mass is 32.2. The lowest BCUT2D eigenvalue weighted by Crippen LogP contribution is -2.45. The number of carbonyl (C=O) groups excluding carboxylic acids is 1. The molecule has 1 fully saturated rings. The third kappa shape index (κ3) is 5.19. The monoisotopic (exact) mass is 272 g/mol. The zero-order valence-corrected chi connectivity index (χ0v) is 13.1. The normalized spacial score (nSPS) is 22.3. The van der Waals surface area contributed by atoms with Crippen LogP contribution in [0.3, 0.4) is 0 Å². The minimum absolute atomic E-state index is 0.306. The van der Waals surface area contributed by atoms with Crippen molar-refractivity contribution in [2.45, 2.75) is 39.2 Å². The van der Waals surface area contributed by atoms with E-state index in [-0.39, 0.29) is 0 Å². The fourth-order valence-corrected chi connectivity index (χ4v) is 2.97. The lowest BCUT2D eigenvalue weighted by atomic mass is 10.0. The molecule has 18 heavy (non-hydrogen) atoms. The Morgan fingerprint density at radius 1 is 1.56 bits per heavy atom. The maximum atomic E-state index is 12.2. The van der Waals surface area contributed by atoms with Gasteiger partial charge in [-0.05, 0) is 51.2 Å². The second-order valence-corrected chi connectivity index (χ2v) is 6.62. The molecule has 0 N–H and O–H groups in total. The van der Waals surface area contributed by atoms with Gasteiger partial charge in [-0.15, -0.1) is 0 Å². The number of hydrogen-bond acceptors (Lipinski definition) is 3. The predicted molar refractivity (Wildman–Crippen MR) is 80.1 cm³/mol. The van der Waals surface area contributed by atoms with E-state index in [2.05, 4.69) is 32.1 Å². The number of amides is 1. The molecule has 1 aliphatic heterocycles. The number of carbonyl (C=O) groups is 1. The number of likely N-dealkylation sites (tertiary alicyclic amines) is 1. The molecule has 0 aromatic rings. The van der Waals surface area contributed by atoms with Crippen molar-refractivity contribution in [3.8, 4) is 0 Å². The van der Waals surface area contributed by atoms with E-state index >= 15 is 0 Å². The SMILES string of the molecule is CSCC[C@@H](C)N(C)CC(=O)N1CCC[C@H](C)C1. The molecule has 1 aliphatic rings. The van der Waals surface area contributed by atoms with E-state index < -0.39 is 0 Å². The van der Waals surface area contributed by atoms with Crippen molar-refractivity contribution in [2.75, 3.05) is 38.7 Å². The molecule has 0 bridgehead atoms. The average molecular weight is 272 g/mol. The lowest BCUT2D eigenvalue weighted by molar-refractivity contribution is -0.134. The summed E-state index contributed by atoms with van der Waals surface area (Å²) in [5.41, 5.74) is 0. The molecule has 0 aromatic carbocycles. The molecular formula is C14H28N2OS. The molecule has 1 heterocycles. The first-order valence-electron chi connectivity index (χ1n) is 7.01. The van der Waals surface area contributed by atoms with Gasteiger partial charge in [-0.1, -0.05) is 6.92 Å². The highest BCUT2D eigenvalue weighted by Gasteiger charge is 2.22. The number of nitrogens with zero attached hydrogens (tertiary/aromatic N) is 2. The molecule has 1 amide bonds. The van der Waals surface area contributed by atoms with Gasteiger partial charge in [0.1, 0.15) is 0 Å². The summed E-state index contributed by atoms with van der Waals surface area (Å²) in [6.45, 7) is 6.93. The molecule has 0 spiro atoms. The molecule has 1 rings (SSSR count). The fraction of sp³-hybridized carbons (Fsp3) is 0.929. The van der Waals surface area contributed by atoms with Gasteiger partial charge in [0.25, 0.3) is 0 Å². The van der Waals surface area contributed by atoms with Gasteiger partial charge in [-0.25, -0.2) is 0 Å². The van der Waals surface area contributed by atoms with Gasteiger partial charge >= 0.3 is 0 Å². The summed E-state index contributed by atoms with van der Waals surface area (Å²) in [5, 5.41) is 0. The number of hydrogen-bond donors (Lipinski definition) is 0. The zero-order valence-electron chi connectivity index (χ0n) is 12.3. The van der Waals surface area contributed by atoms with Crippen molar-refractivity contribution in [1.82, 2.24) is 9.80 Å². The first-order chi connectivity index (χ1) is 8.54. The quantitative estimate of drug-likeness (QED) is 0.741. The minimum Gasteiger partial charge on any atom is -0.341 e. The Balaban J connectivity index is 2.33. The summed E-state index contributed by atoms with van der Waals surface area (Å²) in [5.74, 6) is 2.14. The van der Waals surface area contributed by atoms with E-state index in [1.165, 1.54) is 18.6 Å². The molecule has 0 unspecified atom stereocenters. The van der Waals surface area contributed by atoms with Gasteiger partial charge in [-0.2, -0.15) is 11.8 Å². The second kappa shape index (κ2) is 8.05. The van der Waals surface area contributed by atoms with E-state index in [1.807, 2.05) is 16.7 Å². The zero-order chi connectivity index (χ0) is 13.5. The van der Waals surface area contributed by atoms with Crippen molar-refractivity contribution in [2.24, 2.45) is 5.92 Å². The molecule has 0 radical (unpaired) electrons. The summed E-state index contributed by atoms with van der Waals surface area (Å²) in [6.07, 6.45) is 5.72. The van der Waals surface area contributed by atoms with Crippen LogP contribution in [-0.2, 0) is 4.79 Å². The fourth-order valence-electron chi connectivity index (χ4n) is 2.39. The number of rotatable bonds is 6. The van der Waals surface area contributed by atoms with Gasteiger partial charge in [0.2, 0.25) is 5.91 Å². The van der Waals surface area contributed by atoms with E-state index in [0.717, 1.165) is 19.5 Å². The Morgan fingerprint density at radius 3 is 2.89 bits per heavy atom. The molecule has 2 atom stereocenters. The van der Waals surface area contributed by atoms with Crippen LogP contribution in [0.2, 0.25) is 0 Å². The minimum atomic E-state index is 0.306. The Morgan fingerprint density at radius 2 is 2.28 bits per heavy atom. The van der Waals surface area contributed by atoms with Gasteiger partial charge < -0.3 is 4.90 Å². The van der Waals surface area contributed by atoms with Crippen molar-refractivity contribution in [3.05, 3.63) is 0 Å². The van der Waals surface area contributed by atoms with Crippen molar-refractivity contribution in [1.29, 1.82) is 0 Å². The standard InChI is InChI=1S/C14H28N2OS/c1-12-6-5-8-16(10-12)14(17)11-15(3)13(2)7-9-18-4/h12-13H,5-11H2,1-4H3/t12-,13+/m0/s1. The third-order valence-corrected chi connectivity index (χ3v) is 4.53. The topological polar surface area (TPSA) is 23.6 Å². The van der Waals surface area contributed by atoms with Crippen LogP contribution in [0.4, 0.5) is 0 Å². The van der Waals surface area contributed by atoms with E-state index in [4.69, 9.17) is 0 Å². The molecular weight excluding hydrogens is 244 g/mol. The third-order valence-electron chi connectivity index (χ3n) is 3.89. The van der Waals surface area contributed by atoms with Gasteiger partial charge in [0.05, 0.1) is 6.54 Å². The van der Waals surface area contributed by atoms with Crippen LogP contribution in [0.5, 0.6) is 0 Å². The molecule has 106 valence electrons. The average Bonchev–Trinajstić information content (AvgIpc) is 2.35. The van der Waals surface area contributed by atoms with Crippen molar-refractivity contribution >= 4 is 17.7 Å². The largest absolute Gasteiger partial charge is 0.341 e. The summed E-state index contributed by atoms with van der Waals surface area (Å²) in [7, 11) is 2.07. The van der Waals surface area contributed by atoms with Gasteiger partial charge in [0.15, 0.2) is 0 Å². The van der Waals surface area contributed by atoms with Crippen molar-refractivity contribution in [3.63, 3.8) is 0 Å². The molecule has 3 nitrogen and oxygen atoms in total. The van der Waals surface area contributed by atoms with E-state index in [1.54, 1.807) is 0 Å². The van der Waals surface area contributed by atoms with Crippen LogP contribution in [0, 0.1) is 5.92 Å². The summed E-state index contributed by atoms with van der Waals surface area (Å²) < 4.78 is 0. The van der Waals surface area contributed by atoms with E-state index in [0.29, 0.717) is 24.4 Å². The predicted octanol–water partition coefficient (Wildman–Crippen LogP) is 2.32. The van der Waals surface area contributed by atoms with Crippen LogP contribution in [0.25, 0.3) is 0 Å². The summed E-state index contributed by atoms with van der Waals surface area (Å²) in [4.78, 5) is 16.5. The van der Waals surface area contributed by atoms with Crippen LogP contribution in [0.1, 0.15) is 33.1 Å². The van der Waals surface area contributed by atoms with E-state index in [9.17, 15) is 4.79 Å². The molecule has 0 aromatic heterocycles. The Bertz CT molecular complexity index is 260. The smallest absolute Gasteiger partial charge is 0.236 e. The van der Waals surface area contributed by atoms with Gasteiger partial charge in [-0.3, -0.25) is 9.69 Å². The number of piperidine rings is 1. The molecule has 4 heteroatoms. The second-order valence-electron chi connectivity index (χ2n) is 5.63. The van der Waals surface area contributed by atoms with Gasteiger partial charge in [0, 0.05) is 19.1 Å². The Labute approximate surface area is 116 Å². The Kier molecular flexibility index (Phi) is 7.08. The molecule has 0 aliphatic carbocycles. The molecule has 1 saturated heterocycles. The first-order valence-corrected chi connectivity index (χ1v) is 8.41. The van der Waals surface area contributed by atoms with Crippen LogP contribution < -0.4 is 0 Å². The molecule has 0 saturated carbocycles. The van der Waals surface area contributed by atoms with Crippen LogP contribution in [0.15, 0.2) is 0 Å². The summed E-state index contributed by atoms with van der Waals surface area (Å²) in [6, 6.07) is 0.489. The maximum Gasteiger partial charge on any atom is 0.236 e. The van der Waals surface area contributed by atoms with Crippen LogP contribution >= 0.6 is 11.8 Å². The van der Waals surface area contributed by atoms with Crippen molar-refractivity contribution < 1.29 is 4.79 Å². The highest BCUT2D eigenvalue weighted by Crippen LogP contribution is 2.16. The first kappa shape index (κ1) is 15.8. The summed E-state index contributed by atoms with van der Waals surface area (Å²) >= 11 is 1.87. The highest BCUT2D eigenvalue weighted by molar-refractivity contribution is 7.98. The maximum absolute atomic E-state index is 12.2. The Hall–Kier alpha value is -0.220. The lowest BCUT2D eigenvalue weighted by Gasteiger charge is -2.33. The number of likely N-dealkylation sites (N-methyl/N-ethyl adjacent to an activating group) is 1.